The fourth-order valence-corrected chi connectivity index (χ4v) is 1.73. The van der Waals surface area contributed by atoms with Gasteiger partial charge in [-0.15, -0.1) is 0 Å². The number of rotatable bonds is 4. The van der Waals surface area contributed by atoms with E-state index in [0.29, 0.717) is 12.2 Å². The van der Waals surface area contributed by atoms with E-state index in [9.17, 15) is 8.42 Å². The minimum Gasteiger partial charge on any atom is -0.370 e. The number of anilines is 1. The highest BCUT2D eigenvalue weighted by molar-refractivity contribution is 7.89. The zero-order valence-electron chi connectivity index (χ0n) is 9.55. The third-order valence-electron chi connectivity index (χ3n) is 1.94. The predicted molar refractivity (Wildman–Crippen MR) is 68.2 cm³/mol. The molecule has 17 heavy (non-hydrogen) atoms. The Morgan fingerprint density at radius 3 is 2.76 bits per heavy atom. The molecule has 0 fully saturated rings. The number of aliphatic imine (C=N–C) groups is 1. The van der Waals surface area contributed by atoms with E-state index in [2.05, 4.69) is 10.3 Å². The zero-order chi connectivity index (χ0) is 12.9. The molecule has 0 aromatic heterocycles. The van der Waals surface area contributed by atoms with Crippen LogP contribution in [-0.4, -0.2) is 20.9 Å². The molecular formula is C10H16N4O2S. The number of benzene rings is 1. The van der Waals surface area contributed by atoms with E-state index in [4.69, 9.17) is 10.9 Å². The third-order valence-corrected chi connectivity index (χ3v) is 2.85. The summed E-state index contributed by atoms with van der Waals surface area (Å²) in [7, 11) is -3.70. The summed E-state index contributed by atoms with van der Waals surface area (Å²) in [5.74, 6) is 0.249. The molecule has 1 rings (SSSR count). The van der Waals surface area contributed by atoms with Gasteiger partial charge in [-0.2, -0.15) is 0 Å². The number of hydrogen-bond donors (Lipinski definition) is 3. The first kappa shape index (κ1) is 13.5. The molecule has 0 aliphatic rings. The SMILES string of the molecule is CCCN=C(N)Nc1cccc(S(N)(=O)=O)c1. The third kappa shape index (κ3) is 4.41. The van der Waals surface area contributed by atoms with Crippen LogP contribution in [0.3, 0.4) is 0 Å². The van der Waals surface area contributed by atoms with Gasteiger partial charge in [0, 0.05) is 12.2 Å². The van der Waals surface area contributed by atoms with E-state index >= 15 is 0 Å². The Kier molecular flexibility index (Phi) is 4.47. The van der Waals surface area contributed by atoms with Gasteiger partial charge in [-0.05, 0) is 24.6 Å². The van der Waals surface area contributed by atoms with Crippen molar-refractivity contribution in [2.24, 2.45) is 15.9 Å². The zero-order valence-corrected chi connectivity index (χ0v) is 10.4. The molecule has 0 aliphatic heterocycles. The molecule has 5 N–H and O–H groups in total. The van der Waals surface area contributed by atoms with Crippen molar-refractivity contribution in [3.8, 4) is 0 Å². The average molecular weight is 256 g/mol. The maximum absolute atomic E-state index is 11.1. The number of sulfonamides is 1. The summed E-state index contributed by atoms with van der Waals surface area (Å²) in [6, 6.07) is 6.09. The Balaban J connectivity index is 2.87. The van der Waals surface area contributed by atoms with Crippen LogP contribution in [0.1, 0.15) is 13.3 Å². The van der Waals surface area contributed by atoms with E-state index in [-0.39, 0.29) is 10.9 Å². The van der Waals surface area contributed by atoms with Gasteiger partial charge in [0.25, 0.3) is 0 Å². The Bertz CT molecular complexity index is 511. The summed E-state index contributed by atoms with van der Waals surface area (Å²) in [6.07, 6.45) is 0.888. The van der Waals surface area contributed by atoms with Crippen LogP contribution >= 0.6 is 0 Å². The lowest BCUT2D eigenvalue weighted by molar-refractivity contribution is 0.598. The van der Waals surface area contributed by atoms with E-state index in [0.717, 1.165) is 6.42 Å². The minimum absolute atomic E-state index is 0.0331. The second kappa shape index (κ2) is 5.65. The molecule has 6 nitrogen and oxygen atoms in total. The van der Waals surface area contributed by atoms with E-state index in [1.165, 1.54) is 12.1 Å². The molecule has 0 radical (unpaired) electrons. The van der Waals surface area contributed by atoms with Crippen molar-refractivity contribution in [2.45, 2.75) is 18.2 Å². The molecule has 0 spiro atoms. The van der Waals surface area contributed by atoms with Gasteiger partial charge in [-0.25, -0.2) is 13.6 Å². The van der Waals surface area contributed by atoms with Gasteiger partial charge in [-0.3, -0.25) is 4.99 Å². The fraction of sp³-hybridized carbons (Fsp3) is 0.300. The lowest BCUT2D eigenvalue weighted by Crippen LogP contribution is -2.23. The predicted octanol–water partition coefficient (Wildman–Crippen LogP) is 0.471. The summed E-state index contributed by atoms with van der Waals surface area (Å²) < 4.78 is 22.3. The molecule has 7 heteroatoms. The molecule has 0 saturated carbocycles. The summed E-state index contributed by atoms with van der Waals surface area (Å²) in [4.78, 5) is 4.07. The van der Waals surface area contributed by atoms with Crippen LogP contribution < -0.4 is 16.2 Å². The van der Waals surface area contributed by atoms with Gasteiger partial charge in [-0.1, -0.05) is 13.0 Å². The molecule has 0 unspecified atom stereocenters. The summed E-state index contributed by atoms with van der Waals surface area (Å²) in [5, 5.41) is 7.82. The Morgan fingerprint density at radius 1 is 1.47 bits per heavy atom. The Hall–Kier alpha value is -1.60. The van der Waals surface area contributed by atoms with Crippen LogP contribution in [0.15, 0.2) is 34.2 Å². The van der Waals surface area contributed by atoms with Crippen molar-refractivity contribution in [1.29, 1.82) is 0 Å². The topological polar surface area (TPSA) is 111 Å². The smallest absolute Gasteiger partial charge is 0.238 e. The van der Waals surface area contributed by atoms with Crippen LogP contribution in [0.2, 0.25) is 0 Å². The highest BCUT2D eigenvalue weighted by Crippen LogP contribution is 2.13. The molecule has 94 valence electrons. The van der Waals surface area contributed by atoms with Crippen molar-refractivity contribution < 1.29 is 8.42 Å². The largest absolute Gasteiger partial charge is 0.370 e. The summed E-state index contributed by atoms with van der Waals surface area (Å²) in [5.41, 5.74) is 6.15. The molecule has 1 aromatic carbocycles. The maximum Gasteiger partial charge on any atom is 0.238 e. The number of nitrogens with one attached hydrogen (secondary N) is 1. The number of nitrogens with zero attached hydrogens (tertiary/aromatic N) is 1. The van der Waals surface area contributed by atoms with Gasteiger partial charge in [0.2, 0.25) is 10.0 Å². The first-order valence-electron chi connectivity index (χ1n) is 5.13. The van der Waals surface area contributed by atoms with Crippen LogP contribution in [-0.2, 0) is 10.0 Å². The van der Waals surface area contributed by atoms with Gasteiger partial charge in [0.1, 0.15) is 0 Å². The van der Waals surface area contributed by atoms with Crippen molar-refractivity contribution in [3.05, 3.63) is 24.3 Å². The van der Waals surface area contributed by atoms with Crippen LogP contribution in [0.5, 0.6) is 0 Å². The summed E-state index contributed by atoms with van der Waals surface area (Å²) in [6.45, 7) is 2.60. The van der Waals surface area contributed by atoms with Gasteiger partial charge in [0.15, 0.2) is 5.96 Å². The monoisotopic (exact) mass is 256 g/mol. The molecular weight excluding hydrogens is 240 g/mol. The standard InChI is InChI=1S/C10H16N4O2S/c1-2-6-13-10(11)14-8-4-3-5-9(7-8)17(12,15)16/h3-5,7H,2,6H2,1H3,(H3,11,13,14)(H2,12,15,16). The van der Waals surface area contributed by atoms with Crippen LogP contribution in [0.25, 0.3) is 0 Å². The molecule has 1 aromatic rings. The van der Waals surface area contributed by atoms with Crippen LogP contribution in [0.4, 0.5) is 5.69 Å². The quantitative estimate of drug-likeness (QED) is 0.537. The molecule has 0 amide bonds. The van der Waals surface area contributed by atoms with Crippen molar-refractivity contribution in [2.75, 3.05) is 11.9 Å². The minimum atomic E-state index is -3.70. The highest BCUT2D eigenvalue weighted by Gasteiger charge is 2.07. The number of primary sulfonamides is 1. The average Bonchev–Trinajstić information content (AvgIpc) is 2.25. The second-order valence-electron chi connectivity index (χ2n) is 3.46. The lowest BCUT2D eigenvalue weighted by atomic mass is 10.3. The maximum atomic E-state index is 11.1. The Labute approximate surface area is 101 Å². The molecule has 0 heterocycles. The van der Waals surface area contributed by atoms with Crippen molar-refractivity contribution in [1.82, 2.24) is 0 Å². The van der Waals surface area contributed by atoms with Gasteiger partial charge >= 0.3 is 0 Å². The first-order valence-corrected chi connectivity index (χ1v) is 6.68. The lowest BCUT2D eigenvalue weighted by Gasteiger charge is -2.06. The van der Waals surface area contributed by atoms with E-state index in [1.807, 2.05) is 6.92 Å². The molecule has 0 saturated heterocycles. The van der Waals surface area contributed by atoms with E-state index in [1.54, 1.807) is 12.1 Å². The second-order valence-corrected chi connectivity index (χ2v) is 5.03. The molecule has 0 bridgehead atoms. The highest BCUT2D eigenvalue weighted by atomic mass is 32.2. The Morgan fingerprint density at radius 2 is 2.18 bits per heavy atom. The normalized spacial score (nSPS) is 12.5. The first-order chi connectivity index (χ1) is 7.93. The van der Waals surface area contributed by atoms with Crippen molar-refractivity contribution >= 4 is 21.7 Å². The summed E-state index contributed by atoms with van der Waals surface area (Å²) >= 11 is 0. The number of guanidine groups is 1. The molecule has 0 atom stereocenters. The van der Waals surface area contributed by atoms with Gasteiger partial charge in [0.05, 0.1) is 4.90 Å². The van der Waals surface area contributed by atoms with Gasteiger partial charge < -0.3 is 11.1 Å². The number of nitrogens with two attached hydrogens (primary N) is 2. The van der Waals surface area contributed by atoms with Crippen molar-refractivity contribution in [3.63, 3.8) is 0 Å². The number of hydrogen-bond acceptors (Lipinski definition) is 3. The van der Waals surface area contributed by atoms with E-state index < -0.39 is 10.0 Å². The molecule has 0 aliphatic carbocycles. The van der Waals surface area contributed by atoms with Crippen LogP contribution in [0, 0.1) is 0 Å². The fourth-order valence-electron chi connectivity index (χ4n) is 1.17.